The lowest BCUT2D eigenvalue weighted by Crippen LogP contribution is -2.46. The first kappa shape index (κ1) is 17.0. The topological polar surface area (TPSA) is 50.5 Å². The summed E-state index contributed by atoms with van der Waals surface area (Å²) < 4.78 is 11.1. The second kappa shape index (κ2) is 7.36. The number of ether oxygens (including phenoxy) is 1. The molecule has 1 aromatic carbocycles. The maximum atomic E-state index is 5.86. The van der Waals surface area contributed by atoms with Crippen LogP contribution < -0.4 is 10.2 Å². The molecule has 3 rings (SSSR count). The van der Waals surface area contributed by atoms with E-state index in [0.29, 0.717) is 0 Å². The first-order valence-corrected chi connectivity index (χ1v) is 8.65. The van der Waals surface area contributed by atoms with Crippen LogP contribution in [0.5, 0.6) is 0 Å². The molecule has 0 unspecified atom stereocenters. The number of hydrogen-bond acceptors (Lipinski definition) is 5. The van der Waals surface area contributed by atoms with Gasteiger partial charge in [0.2, 0.25) is 0 Å². The first-order valence-electron chi connectivity index (χ1n) is 8.65. The van der Waals surface area contributed by atoms with Gasteiger partial charge in [-0.1, -0.05) is 23.4 Å². The summed E-state index contributed by atoms with van der Waals surface area (Å²) in [4.78, 5) is 2.44. The standard InChI is InChI=1S/C19H27N3O2/c1-13-11-22(12-14(2)23-13)19-8-6-5-7-17(19)9-20-10-18-15(3)21-24-16(18)4/h5-8,13-14,20H,9-12H2,1-4H3/t13-,14-/m1/s1. The summed E-state index contributed by atoms with van der Waals surface area (Å²) in [6, 6.07) is 8.61. The molecular weight excluding hydrogens is 302 g/mol. The highest BCUT2D eigenvalue weighted by Gasteiger charge is 2.23. The number of rotatable bonds is 5. The normalized spacial score (nSPS) is 21.2. The van der Waals surface area contributed by atoms with E-state index in [9.17, 15) is 0 Å². The molecule has 2 aromatic rings. The minimum absolute atomic E-state index is 0.261. The van der Waals surface area contributed by atoms with E-state index in [1.54, 1.807) is 0 Å². The van der Waals surface area contributed by atoms with E-state index < -0.39 is 0 Å². The molecule has 1 N–H and O–H groups in total. The molecule has 24 heavy (non-hydrogen) atoms. The largest absolute Gasteiger partial charge is 0.372 e. The zero-order valence-electron chi connectivity index (χ0n) is 15.0. The Kier molecular flexibility index (Phi) is 5.21. The minimum atomic E-state index is 0.261. The molecule has 0 amide bonds. The summed E-state index contributed by atoms with van der Waals surface area (Å²) in [6.45, 7) is 11.7. The second-order valence-electron chi connectivity index (χ2n) is 6.70. The van der Waals surface area contributed by atoms with Crippen LogP contribution in [0.1, 0.15) is 36.4 Å². The number of nitrogens with zero attached hydrogens (tertiary/aromatic N) is 2. The van der Waals surface area contributed by atoms with Crippen LogP contribution in [-0.2, 0) is 17.8 Å². The zero-order chi connectivity index (χ0) is 17.1. The van der Waals surface area contributed by atoms with Gasteiger partial charge >= 0.3 is 0 Å². The van der Waals surface area contributed by atoms with Crippen LogP contribution in [0, 0.1) is 13.8 Å². The molecule has 0 aliphatic carbocycles. The number of aromatic nitrogens is 1. The molecule has 5 heteroatoms. The van der Waals surface area contributed by atoms with E-state index in [4.69, 9.17) is 9.26 Å². The Morgan fingerprint density at radius 3 is 2.50 bits per heavy atom. The van der Waals surface area contributed by atoms with E-state index in [1.165, 1.54) is 11.3 Å². The predicted octanol–water partition coefficient (Wildman–Crippen LogP) is 3.19. The molecular formula is C19H27N3O2. The lowest BCUT2D eigenvalue weighted by Gasteiger charge is -2.37. The molecule has 2 heterocycles. The summed E-state index contributed by atoms with van der Waals surface area (Å²) >= 11 is 0. The molecule has 1 fully saturated rings. The summed E-state index contributed by atoms with van der Waals surface area (Å²) in [5.74, 6) is 0.893. The smallest absolute Gasteiger partial charge is 0.138 e. The van der Waals surface area contributed by atoms with Crippen LogP contribution in [0.2, 0.25) is 0 Å². The molecule has 0 bridgehead atoms. The number of para-hydroxylation sites is 1. The van der Waals surface area contributed by atoms with Gasteiger partial charge in [0.25, 0.3) is 0 Å². The van der Waals surface area contributed by atoms with Crippen molar-refractivity contribution in [3.05, 3.63) is 46.8 Å². The van der Waals surface area contributed by atoms with Crippen LogP contribution in [0.4, 0.5) is 5.69 Å². The summed E-state index contributed by atoms with van der Waals surface area (Å²) in [5.41, 5.74) is 4.72. The highest BCUT2D eigenvalue weighted by atomic mass is 16.5. The maximum Gasteiger partial charge on any atom is 0.138 e. The fourth-order valence-corrected chi connectivity index (χ4v) is 3.42. The SMILES string of the molecule is Cc1noc(C)c1CNCc1ccccc1N1C[C@@H](C)O[C@H](C)C1. The van der Waals surface area contributed by atoms with Gasteiger partial charge in [0.05, 0.1) is 17.9 Å². The zero-order valence-corrected chi connectivity index (χ0v) is 15.0. The summed E-state index contributed by atoms with van der Waals surface area (Å²) in [6.07, 6.45) is 0.522. The summed E-state index contributed by atoms with van der Waals surface area (Å²) in [5, 5.41) is 7.54. The quantitative estimate of drug-likeness (QED) is 0.913. The molecule has 1 saturated heterocycles. The van der Waals surface area contributed by atoms with Gasteiger partial charge in [-0.15, -0.1) is 0 Å². The van der Waals surface area contributed by atoms with Crippen molar-refractivity contribution < 1.29 is 9.26 Å². The summed E-state index contributed by atoms with van der Waals surface area (Å²) in [7, 11) is 0. The van der Waals surface area contributed by atoms with Gasteiger partial charge in [0.15, 0.2) is 0 Å². The van der Waals surface area contributed by atoms with Gasteiger partial charge < -0.3 is 19.5 Å². The molecule has 1 aliphatic rings. The minimum Gasteiger partial charge on any atom is -0.372 e. The highest BCUT2D eigenvalue weighted by Crippen LogP contribution is 2.24. The van der Waals surface area contributed by atoms with Crippen LogP contribution in [0.25, 0.3) is 0 Å². The van der Waals surface area contributed by atoms with E-state index in [1.807, 2.05) is 13.8 Å². The van der Waals surface area contributed by atoms with Gasteiger partial charge in [-0.05, 0) is 39.3 Å². The predicted molar refractivity (Wildman–Crippen MR) is 95.2 cm³/mol. The van der Waals surface area contributed by atoms with Gasteiger partial charge in [-0.3, -0.25) is 0 Å². The molecule has 5 nitrogen and oxygen atoms in total. The Morgan fingerprint density at radius 2 is 1.83 bits per heavy atom. The molecule has 2 atom stereocenters. The van der Waals surface area contributed by atoms with E-state index >= 15 is 0 Å². The fraction of sp³-hybridized carbons (Fsp3) is 0.526. The van der Waals surface area contributed by atoms with Crippen LogP contribution >= 0.6 is 0 Å². The lowest BCUT2D eigenvalue weighted by atomic mass is 10.1. The highest BCUT2D eigenvalue weighted by molar-refractivity contribution is 5.54. The molecule has 0 spiro atoms. The second-order valence-corrected chi connectivity index (χ2v) is 6.70. The maximum absolute atomic E-state index is 5.86. The fourth-order valence-electron chi connectivity index (χ4n) is 3.42. The number of morpholine rings is 1. The average Bonchev–Trinajstić information content (AvgIpc) is 2.86. The molecule has 0 radical (unpaired) electrons. The third-order valence-corrected chi connectivity index (χ3v) is 4.55. The van der Waals surface area contributed by atoms with Gasteiger partial charge in [-0.2, -0.15) is 0 Å². The van der Waals surface area contributed by atoms with Crippen molar-refractivity contribution in [3.8, 4) is 0 Å². The third kappa shape index (κ3) is 3.79. The van der Waals surface area contributed by atoms with Crippen molar-refractivity contribution >= 4 is 5.69 Å². The van der Waals surface area contributed by atoms with Crippen molar-refractivity contribution in [3.63, 3.8) is 0 Å². The molecule has 1 aliphatic heterocycles. The Morgan fingerprint density at radius 1 is 1.12 bits per heavy atom. The van der Waals surface area contributed by atoms with Crippen molar-refractivity contribution in [1.29, 1.82) is 0 Å². The number of nitrogens with one attached hydrogen (secondary N) is 1. The third-order valence-electron chi connectivity index (χ3n) is 4.55. The number of hydrogen-bond donors (Lipinski definition) is 1. The Hall–Kier alpha value is -1.85. The van der Waals surface area contributed by atoms with Gasteiger partial charge in [-0.25, -0.2) is 0 Å². The van der Waals surface area contributed by atoms with Gasteiger partial charge in [0, 0.05) is 37.4 Å². The first-order chi connectivity index (χ1) is 11.5. The number of anilines is 1. The van der Waals surface area contributed by atoms with E-state index in [-0.39, 0.29) is 12.2 Å². The number of aryl methyl sites for hydroxylation is 2. The molecule has 130 valence electrons. The number of benzene rings is 1. The van der Waals surface area contributed by atoms with Crippen molar-refractivity contribution in [1.82, 2.24) is 10.5 Å². The van der Waals surface area contributed by atoms with Gasteiger partial charge in [0.1, 0.15) is 5.76 Å². The van der Waals surface area contributed by atoms with Crippen molar-refractivity contribution in [2.24, 2.45) is 0 Å². The van der Waals surface area contributed by atoms with Crippen molar-refractivity contribution in [2.75, 3.05) is 18.0 Å². The van der Waals surface area contributed by atoms with Crippen LogP contribution in [0.3, 0.4) is 0 Å². The van der Waals surface area contributed by atoms with Crippen molar-refractivity contribution in [2.45, 2.75) is 53.0 Å². The molecule has 0 saturated carbocycles. The van der Waals surface area contributed by atoms with Crippen LogP contribution in [-0.4, -0.2) is 30.5 Å². The average molecular weight is 329 g/mol. The van der Waals surface area contributed by atoms with Crippen LogP contribution in [0.15, 0.2) is 28.8 Å². The van der Waals surface area contributed by atoms with E-state index in [2.05, 4.69) is 53.5 Å². The monoisotopic (exact) mass is 329 g/mol. The Bertz CT molecular complexity index is 654. The Balaban J connectivity index is 1.68. The lowest BCUT2D eigenvalue weighted by molar-refractivity contribution is -0.00526. The molecule has 1 aromatic heterocycles. The Labute approximate surface area is 144 Å². The van der Waals surface area contributed by atoms with E-state index in [0.717, 1.165) is 43.2 Å².